The average Bonchev–Trinajstić information content (AvgIpc) is 2.52. The fourth-order valence-corrected chi connectivity index (χ4v) is 3.62. The maximum absolute atomic E-state index is 6.39. The Morgan fingerprint density at radius 1 is 1.21 bits per heavy atom. The molecule has 1 heterocycles. The zero-order chi connectivity index (χ0) is 17.3. The van der Waals surface area contributed by atoms with Crippen LogP contribution < -0.4 is 11.5 Å². The van der Waals surface area contributed by atoms with E-state index in [2.05, 4.69) is 29.3 Å². The van der Waals surface area contributed by atoms with Crippen LogP contribution >= 0.6 is 11.6 Å². The van der Waals surface area contributed by atoms with Crippen molar-refractivity contribution in [2.75, 3.05) is 0 Å². The molecule has 1 unspecified atom stereocenters. The van der Waals surface area contributed by atoms with Crippen molar-refractivity contribution in [3.63, 3.8) is 0 Å². The predicted molar refractivity (Wildman–Crippen MR) is 98.6 cm³/mol. The third kappa shape index (κ3) is 3.26. The first-order valence-corrected chi connectivity index (χ1v) is 8.21. The van der Waals surface area contributed by atoms with Crippen molar-refractivity contribution in [1.82, 2.24) is 4.98 Å². The molecule has 0 spiro atoms. The van der Waals surface area contributed by atoms with E-state index in [0.717, 1.165) is 51.7 Å². The minimum atomic E-state index is -0.0540. The van der Waals surface area contributed by atoms with Crippen LogP contribution in [-0.4, -0.2) is 16.7 Å². The van der Waals surface area contributed by atoms with E-state index < -0.39 is 0 Å². The number of hydrogen-bond donors (Lipinski definition) is 2. The van der Waals surface area contributed by atoms with E-state index in [1.54, 1.807) is 0 Å². The van der Waals surface area contributed by atoms with Gasteiger partial charge in [0.15, 0.2) is 0 Å². The lowest BCUT2D eigenvalue weighted by molar-refractivity contribution is 0.675. The number of rotatable bonds is 2. The molecule has 2 aromatic rings. The third-order valence-electron chi connectivity index (χ3n) is 4.22. The van der Waals surface area contributed by atoms with Crippen LogP contribution in [0.25, 0.3) is 0 Å². The molecule has 1 atom stereocenters. The molecule has 0 saturated heterocycles. The predicted octanol–water partition coefficient (Wildman–Crippen LogP) is 3.06. The van der Waals surface area contributed by atoms with Crippen LogP contribution in [0.1, 0.15) is 40.4 Å². The van der Waals surface area contributed by atoms with Crippen molar-refractivity contribution in [3.05, 3.63) is 63.4 Å². The van der Waals surface area contributed by atoms with Crippen LogP contribution in [0.15, 0.2) is 40.5 Å². The van der Waals surface area contributed by atoms with E-state index in [9.17, 15) is 0 Å². The molecule has 124 valence electrons. The van der Waals surface area contributed by atoms with Gasteiger partial charge in [-0.2, -0.15) is 5.10 Å². The summed E-state index contributed by atoms with van der Waals surface area (Å²) in [6.07, 6.45) is 1.54. The molecule has 24 heavy (non-hydrogen) atoms. The number of pyridine rings is 1. The van der Waals surface area contributed by atoms with Crippen LogP contribution in [0.4, 0.5) is 0 Å². The monoisotopic (exact) mass is 341 g/mol. The van der Waals surface area contributed by atoms with Gasteiger partial charge in [0.2, 0.25) is 5.96 Å². The summed E-state index contributed by atoms with van der Waals surface area (Å²) in [6, 6.07) is 9.95. The van der Waals surface area contributed by atoms with E-state index in [1.807, 2.05) is 25.1 Å². The molecule has 1 aromatic heterocycles. The highest BCUT2D eigenvalue weighted by Gasteiger charge is 2.28. The van der Waals surface area contributed by atoms with Crippen molar-refractivity contribution < 1.29 is 0 Å². The molecule has 5 nitrogen and oxygen atoms in total. The first-order valence-electron chi connectivity index (χ1n) is 7.83. The SMILES string of the molecule is Cc1cc(C)c2c(n1)CC(c1ccccc1Cl)C/C2=N/N=C(N)N. The van der Waals surface area contributed by atoms with Gasteiger partial charge < -0.3 is 11.5 Å². The van der Waals surface area contributed by atoms with E-state index in [1.165, 1.54) is 0 Å². The molecule has 1 aliphatic carbocycles. The summed E-state index contributed by atoms with van der Waals surface area (Å²) < 4.78 is 0. The van der Waals surface area contributed by atoms with Crippen molar-refractivity contribution in [2.45, 2.75) is 32.6 Å². The van der Waals surface area contributed by atoms with Crippen molar-refractivity contribution >= 4 is 23.3 Å². The number of nitrogens with zero attached hydrogens (tertiary/aromatic N) is 3. The Kier molecular flexibility index (Phi) is 4.53. The average molecular weight is 342 g/mol. The second-order valence-corrected chi connectivity index (χ2v) is 6.51. The summed E-state index contributed by atoms with van der Waals surface area (Å²) in [6.45, 7) is 4.06. The number of guanidine groups is 1. The lowest BCUT2D eigenvalue weighted by Gasteiger charge is -2.27. The molecule has 0 aliphatic heterocycles. The van der Waals surface area contributed by atoms with Crippen LogP contribution in [0.5, 0.6) is 0 Å². The number of nitrogens with two attached hydrogens (primary N) is 2. The molecule has 3 rings (SSSR count). The summed E-state index contributed by atoms with van der Waals surface area (Å²) in [5, 5.41) is 8.91. The molecule has 0 amide bonds. The van der Waals surface area contributed by atoms with Crippen LogP contribution in [-0.2, 0) is 6.42 Å². The van der Waals surface area contributed by atoms with Crippen molar-refractivity contribution in [3.8, 4) is 0 Å². The minimum Gasteiger partial charge on any atom is -0.369 e. The van der Waals surface area contributed by atoms with E-state index in [-0.39, 0.29) is 11.9 Å². The van der Waals surface area contributed by atoms with Gasteiger partial charge in [0.1, 0.15) is 0 Å². The van der Waals surface area contributed by atoms with E-state index in [0.29, 0.717) is 0 Å². The Morgan fingerprint density at radius 2 is 1.96 bits per heavy atom. The Labute approximate surface area is 146 Å². The lowest BCUT2D eigenvalue weighted by Crippen LogP contribution is -2.24. The highest BCUT2D eigenvalue weighted by atomic mass is 35.5. The van der Waals surface area contributed by atoms with Gasteiger partial charge in [0.25, 0.3) is 0 Å². The second kappa shape index (κ2) is 6.61. The van der Waals surface area contributed by atoms with Gasteiger partial charge in [-0.3, -0.25) is 4.98 Å². The molecular formula is C18H20ClN5. The van der Waals surface area contributed by atoms with E-state index >= 15 is 0 Å². The number of hydrogen-bond acceptors (Lipinski definition) is 3. The molecule has 1 aromatic carbocycles. The number of halogens is 1. The molecular weight excluding hydrogens is 322 g/mol. The highest BCUT2D eigenvalue weighted by Crippen LogP contribution is 2.36. The first kappa shape index (κ1) is 16.5. The highest BCUT2D eigenvalue weighted by molar-refractivity contribution is 6.31. The summed E-state index contributed by atoms with van der Waals surface area (Å²) in [4.78, 5) is 4.72. The van der Waals surface area contributed by atoms with Crippen molar-refractivity contribution in [1.29, 1.82) is 0 Å². The topological polar surface area (TPSA) is 89.6 Å². The maximum Gasteiger partial charge on any atom is 0.211 e. The van der Waals surface area contributed by atoms with Crippen molar-refractivity contribution in [2.24, 2.45) is 21.7 Å². The van der Waals surface area contributed by atoms with Gasteiger partial charge >= 0.3 is 0 Å². The fourth-order valence-electron chi connectivity index (χ4n) is 3.33. The smallest absolute Gasteiger partial charge is 0.211 e. The molecule has 0 fully saturated rings. The van der Waals surface area contributed by atoms with Gasteiger partial charge in [0, 0.05) is 16.3 Å². The summed E-state index contributed by atoms with van der Waals surface area (Å²) >= 11 is 6.39. The maximum atomic E-state index is 6.39. The molecule has 0 saturated carbocycles. The van der Waals surface area contributed by atoms with Gasteiger partial charge in [-0.05, 0) is 55.9 Å². The quantitative estimate of drug-likeness (QED) is 0.499. The Balaban J connectivity index is 2.12. The van der Waals surface area contributed by atoms with Gasteiger partial charge in [-0.15, -0.1) is 5.10 Å². The molecule has 0 bridgehead atoms. The minimum absolute atomic E-state index is 0.0540. The van der Waals surface area contributed by atoms with Gasteiger partial charge in [-0.1, -0.05) is 29.8 Å². The van der Waals surface area contributed by atoms with E-state index in [4.69, 9.17) is 28.1 Å². The second-order valence-electron chi connectivity index (χ2n) is 6.10. The third-order valence-corrected chi connectivity index (χ3v) is 4.56. The standard InChI is InChI=1S/C18H20ClN5/c1-10-7-11(2)22-15-8-12(13-5-3-4-6-14(13)19)9-16(17(10)15)23-24-18(20)21/h3-7,12H,8-9H2,1-2H3,(H4,20,21,24)/b23-16-. The summed E-state index contributed by atoms with van der Waals surface area (Å²) in [5.74, 6) is 0.148. The zero-order valence-corrected chi connectivity index (χ0v) is 14.5. The molecule has 1 aliphatic rings. The zero-order valence-electron chi connectivity index (χ0n) is 13.8. The molecule has 4 N–H and O–H groups in total. The summed E-state index contributed by atoms with van der Waals surface area (Å²) in [5.41, 5.74) is 17.0. The number of benzene rings is 1. The summed E-state index contributed by atoms with van der Waals surface area (Å²) in [7, 11) is 0. The Hall–Kier alpha value is -2.40. The normalized spacial score (nSPS) is 18.3. The Bertz CT molecular complexity index is 837. The lowest BCUT2D eigenvalue weighted by atomic mass is 9.80. The van der Waals surface area contributed by atoms with Gasteiger partial charge in [0.05, 0.1) is 11.4 Å². The number of aromatic nitrogens is 1. The largest absolute Gasteiger partial charge is 0.369 e. The Morgan fingerprint density at radius 3 is 2.67 bits per heavy atom. The fraction of sp³-hybridized carbons (Fsp3) is 0.278. The first-order chi connectivity index (χ1) is 11.5. The van der Waals surface area contributed by atoms with Crippen LogP contribution in [0, 0.1) is 13.8 Å². The number of aryl methyl sites for hydroxylation is 2. The van der Waals surface area contributed by atoms with Crippen LogP contribution in [0.3, 0.4) is 0 Å². The molecule has 6 heteroatoms. The molecule has 0 radical (unpaired) electrons. The van der Waals surface area contributed by atoms with Gasteiger partial charge in [-0.25, -0.2) is 0 Å². The van der Waals surface area contributed by atoms with Crippen LogP contribution in [0.2, 0.25) is 5.02 Å². The number of fused-ring (bicyclic) bond motifs is 1.